The topological polar surface area (TPSA) is 61.4 Å². The second-order valence-corrected chi connectivity index (χ2v) is 7.59. The fourth-order valence-corrected chi connectivity index (χ4v) is 4.22. The number of benzene rings is 2. The molecule has 2 aliphatic rings. The summed E-state index contributed by atoms with van der Waals surface area (Å²) in [6.45, 7) is 2.14. The van der Waals surface area contributed by atoms with Gasteiger partial charge in [-0.05, 0) is 48.4 Å². The lowest BCUT2D eigenvalue weighted by Gasteiger charge is -2.33. The smallest absolute Gasteiger partial charge is 0.252 e. The van der Waals surface area contributed by atoms with E-state index in [4.69, 9.17) is 0 Å². The Morgan fingerprint density at radius 2 is 1.79 bits per heavy atom. The third-order valence-electron chi connectivity index (χ3n) is 5.69. The monoisotopic (exact) mass is 374 g/mol. The molecule has 4 nitrogen and oxygen atoms in total. The van der Waals surface area contributed by atoms with E-state index in [0.717, 1.165) is 36.1 Å². The normalized spacial score (nSPS) is 22.4. The lowest BCUT2D eigenvalue weighted by Crippen LogP contribution is -2.52. The van der Waals surface area contributed by atoms with Crippen LogP contribution in [0.3, 0.4) is 0 Å². The fourth-order valence-electron chi connectivity index (χ4n) is 4.22. The number of aryl methyl sites for hydroxylation is 1. The van der Waals surface area contributed by atoms with Gasteiger partial charge in [0.05, 0.1) is 0 Å². The van der Waals surface area contributed by atoms with Crippen molar-refractivity contribution in [2.24, 2.45) is 5.92 Å². The molecule has 0 fully saturated rings. The molecule has 0 aromatic heterocycles. The number of nitrogens with one attached hydrogen (secondary N) is 2. The number of aliphatic hydroxyl groups excluding tert-OH is 1. The summed E-state index contributed by atoms with van der Waals surface area (Å²) in [6.07, 6.45) is 4.63. The van der Waals surface area contributed by atoms with Crippen LogP contribution < -0.4 is 10.6 Å². The van der Waals surface area contributed by atoms with Crippen LogP contribution in [0, 0.1) is 12.8 Å². The molecule has 0 radical (unpaired) electrons. The van der Waals surface area contributed by atoms with E-state index in [-0.39, 0.29) is 11.8 Å². The molecule has 2 aromatic rings. The highest BCUT2D eigenvalue weighted by Gasteiger charge is 2.30. The summed E-state index contributed by atoms with van der Waals surface area (Å²) < 4.78 is 0. The summed E-state index contributed by atoms with van der Waals surface area (Å²) in [5.74, 6) is 0.0333. The lowest BCUT2D eigenvalue weighted by atomic mass is 9.81. The number of carbonyl (C=O) groups excluding carboxylic acids is 1. The lowest BCUT2D eigenvalue weighted by molar-refractivity contribution is -0.122. The molecule has 3 N–H and O–H groups in total. The number of allylic oxidation sites excluding steroid dienone is 3. The van der Waals surface area contributed by atoms with E-state index >= 15 is 0 Å². The maximum atomic E-state index is 12.6. The summed E-state index contributed by atoms with van der Waals surface area (Å²) in [5.41, 5.74) is 6.70. The van der Waals surface area contributed by atoms with Crippen LogP contribution in [-0.2, 0) is 11.2 Å². The first-order valence-electron chi connectivity index (χ1n) is 9.89. The van der Waals surface area contributed by atoms with Gasteiger partial charge in [-0.3, -0.25) is 4.79 Å². The molecule has 0 bridgehead atoms. The third-order valence-corrected chi connectivity index (χ3v) is 5.69. The van der Waals surface area contributed by atoms with E-state index in [0.29, 0.717) is 6.42 Å². The fraction of sp³-hybridized carbons (Fsp3) is 0.292. The maximum Gasteiger partial charge on any atom is 0.252 e. The van der Waals surface area contributed by atoms with E-state index in [9.17, 15) is 9.90 Å². The maximum absolute atomic E-state index is 12.6. The Bertz CT molecular complexity index is 931. The number of aliphatic hydroxyl groups is 1. The number of carbonyl (C=O) groups is 1. The molecule has 0 spiro atoms. The number of rotatable bonds is 4. The average molecular weight is 374 g/mol. The van der Waals surface area contributed by atoms with Crippen LogP contribution in [0.5, 0.6) is 0 Å². The Kier molecular flexibility index (Phi) is 5.31. The van der Waals surface area contributed by atoms with Crippen molar-refractivity contribution in [3.8, 4) is 0 Å². The molecular formula is C24H26N2O2. The molecule has 0 saturated carbocycles. The van der Waals surface area contributed by atoms with Crippen molar-refractivity contribution >= 4 is 11.5 Å². The molecule has 144 valence electrons. The first kappa shape index (κ1) is 18.5. The van der Waals surface area contributed by atoms with Gasteiger partial charge >= 0.3 is 0 Å². The minimum absolute atomic E-state index is 0.182. The van der Waals surface area contributed by atoms with Crippen LogP contribution >= 0.6 is 0 Å². The average Bonchev–Trinajstić information content (AvgIpc) is 2.71. The van der Waals surface area contributed by atoms with Crippen molar-refractivity contribution in [1.29, 1.82) is 0 Å². The molecule has 0 saturated heterocycles. The van der Waals surface area contributed by atoms with Gasteiger partial charge in [0.1, 0.15) is 0 Å². The molecule has 1 amide bonds. The SMILES string of the molecule is Cc1ccccc1C1=CCC(C2=C(Cc3ccccc3)C(=O)NC(O)N2)CC1. The summed E-state index contributed by atoms with van der Waals surface area (Å²) >= 11 is 0. The molecule has 1 aliphatic heterocycles. The highest BCUT2D eigenvalue weighted by molar-refractivity contribution is 5.95. The highest BCUT2D eigenvalue weighted by atomic mass is 16.3. The minimum Gasteiger partial charge on any atom is -0.356 e. The van der Waals surface area contributed by atoms with Crippen LogP contribution in [0.1, 0.15) is 36.0 Å². The van der Waals surface area contributed by atoms with Gasteiger partial charge in [0.2, 0.25) is 6.35 Å². The number of amides is 1. The molecule has 4 rings (SSSR count). The largest absolute Gasteiger partial charge is 0.356 e. The van der Waals surface area contributed by atoms with Crippen LogP contribution in [-0.4, -0.2) is 17.4 Å². The van der Waals surface area contributed by atoms with Gasteiger partial charge in [-0.1, -0.05) is 60.7 Å². The molecular weight excluding hydrogens is 348 g/mol. The molecule has 2 aromatic carbocycles. The Morgan fingerprint density at radius 3 is 2.50 bits per heavy atom. The summed E-state index contributed by atoms with van der Waals surface area (Å²) in [5, 5.41) is 15.8. The number of hydrogen-bond acceptors (Lipinski definition) is 3. The van der Waals surface area contributed by atoms with Crippen molar-refractivity contribution in [2.45, 2.75) is 39.0 Å². The van der Waals surface area contributed by atoms with Gasteiger partial charge in [0, 0.05) is 23.6 Å². The zero-order valence-electron chi connectivity index (χ0n) is 16.1. The van der Waals surface area contributed by atoms with E-state index in [1.54, 1.807) is 0 Å². The van der Waals surface area contributed by atoms with Crippen LogP contribution in [0.25, 0.3) is 5.57 Å². The standard InChI is InChI=1S/C24H26N2O2/c1-16-7-5-6-10-20(16)18-11-13-19(14-12-18)22-21(23(27)26-24(28)25-22)15-17-8-3-2-4-9-17/h2-11,19,24-25,28H,12-15H2,1H3,(H,26,27). The third kappa shape index (κ3) is 3.87. The van der Waals surface area contributed by atoms with Gasteiger partial charge in [-0.25, -0.2) is 0 Å². The Balaban J connectivity index is 1.61. The predicted octanol–water partition coefficient (Wildman–Crippen LogP) is 3.67. The molecule has 4 heteroatoms. The van der Waals surface area contributed by atoms with Gasteiger partial charge in [-0.2, -0.15) is 0 Å². The van der Waals surface area contributed by atoms with Crippen LogP contribution in [0.2, 0.25) is 0 Å². The Hall–Kier alpha value is -2.85. The Morgan fingerprint density at radius 1 is 1.04 bits per heavy atom. The van der Waals surface area contributed by atoms with Gasteiger partial charge in [-0.15, -0.1) is 0 Å². The first-order chi connectivity index (χ1) is 13.6. The summed E-state index contributed by atoms with van der Waals surface area (Å²) in [4.78, 5) is 12.6. The van der Waals surface area contributed by atoms with Crippen molar-refractivity contribution in [2.75, 3.05) is 0 Å². The molecule has 2 atom stereocenters. The second kappa shape index (κ2) is 8.03. The molecule has 28 heavy (non-hydrogen) atoms. The summed E-state index contributed by atoms with van der Waals surface area (Å²) in [6, 6.07) is 18.5. The van der Waals surface area contributed by atoms with E-state index in [1.807, 2.05) is 30.3 Å². The predicted molar refractivity (Wildman–Crippen MR) is 111 cm³/mol. The van der Waals surface area contributed by atoms with Crippen molar-refractivity contribution < 1.29 is 9.90 Å². The van der Waals surface area contributed by atoms with Crippen LogP contribution in [0.4, 0.5) is 0 Å². The van der Waals surface area contributed by atoms with E-state index in [2.05, 4.69) is 47.9 Å². The second-order valence-electron chi connectivity index (χ2n) is 7.59. The van der Waals surface area contributed by atoms with Crippen molar-refractivity contribution in [3.05, 3.63) is 88.6 Å². The van der Waals surface area contributed by atoms with E-state index < -0.39 is 6.35 Å². The first-order valence-corrected chi connectivity index (χ1v) is 9.89. The van der Waals surface area contributed by atoms with Crippen molar-refractivity contribution in [3.63, 3.8) is 0 Å². The van der Waals surface area contributed by atoms with Gasteiger partial charge in [0.15, 0.2) is 0 Å². The van der Waals surface area contributed by atoms with E-state index in [1.165, 1.54) is 16.7 Å². The minimum atomic E-state index is -1.02. The van der Waals surface area contributed by atoms with Crippen LogP contribution in [0.15, 0.2) is 71.9 Å². The zero-order chi connectivity index (χ0) is 19.5. The van der Waals surface area contributed by atoms with Gasteiger partial charge < -0.3 is 15.7 Å². The quantitative estimate of drug-likeness (QED) is 0.765. The summed E-state index contributed by atoms with van der Waals surface area (Å²) in [7, 11) is 0. The molecule has 1 heterocycles. The molecule has 1 aliphatic carbocycles. The van der Waals surface area contributed by atoms with Gasteiger partial charge in [0.25, 0.3) is 5.91 Å². The zero-order valence-corrected chi connectivity index (χ0v) is 16.1. The highest BCUT2D eigenvalue weighted by Crippen LogP contribution is 2.36. The van der Waals surface area contributed by atoms with Crippen molar-refractivity contribution in [1.82, 2.24) is 10.6 Å². The number of hydrogen-bond donors (Lipinski definition) is 3. The molecule has 2 unspecified atom stereocenters. The Labute approximate surface area is 166 Å².